The van der Waals surface area contributed by atoms with E-state index in [4.69, 9.17) is 5.11 Å². The summed E-state index contributed by atoms with van der Waals surface area (Å²) in [7, 11) is 0. The average molecular weight is 245 g/mol. The average Bonchev–Trinajstić information content (AvgIpc) is 2.25. The summed E-state index contributed by atoms with van der Waals surface area (Å²) in [5.74, 6) is -5.87. The Morgan fingerprint density at radius 3 is 2.65 bits per heavy atom. The third-order valence-corrected chi connectivity index (χ3v) is 2.91. The lowest BCUT2D eigenvalue weighted by molar-refractivity contribution is -0.139. The van der Waals surface area contributed by atoms with Gasteiger partial charge in [-0.05, 0) is 17.5 Å². The number of hydrogen-bond donors (Lipinski definition) is 2. The minimum Gasteiger partial charge on any atom is -0.480 e. The van der Waals surface area contributed by atoms with Gasteiger partial charge in [0.15, 0.2) is 17.5 Å². The molecule has 2 atom stereocenters. The summed E-state index contributed by atoms with van der Waals surface area (Å²) in [5.41, 5.74) is -0.109. The van der Waals surface area contributed by atoms with Gasteiger partial charge in [0, 0.05) is 12.1 Å². The summed E-state index contributed by atoms with van der Waals surface area (Å²) in [6.07, 6.45) is 0. The fourth-order valence-electron chi connectivity index (χ4n) is 2.09. The zero-order chi connectivity index (χ0) is 12.7. The molecule has 1 aliphatic heterocycles. The first-order valence-electron chi connectivity index (χ1n) is 5.07. The van der Waals surface area contributed by atoms with Crippen LogP contribution in [0.2, 0.25) is 0 Å². The summed E-state index contributed by atoms with van der Waals surface area (Å²) in [6.45, 7) is 1.82. The number of benzene rings is 1. The number of hydrogen-bond acceptors (Lipinski definition) is 2. The van der Waals surface area contributed by atoms with Crippen LogP contribution in [0.1, 0.15) is 30.0 Å². The number of rotatable bonds is 1. The van der Waals surface area contributed by atoms with Gasteiger partial charge in [-0.25, -0.2) is 13.2 Å². The van der Waals surface area contributed by atoms with Gasteiger partial charge in [0.05, 0.1) is 0 Å². The van der Waals surface area contributed by atoms with Crippen LogP contribution in [0.4, 0.5) is 13.2 Å². The smallest absolute Gasteiger partial charge is 0.325 e. The molecule has 0 spiro atoms. The number of fused-ring (bicyclic) bond motifs is 1. The molecule has 2 N–H and O–H groups in total. The highest BCUT2D eigenvalue weighted by atomic mass is 19.2. The first-order chi connectivity index (χ1) is 7.93. The summed E-state index contributed by atoms with van der Waals surface area (Å²) >= 11 is 0. The van der Waals surface area contributed by atoms with Gasteiger partial charge in [-0.2, -0.15) is 0 Å². The van der Waals surface area contributed by atoms with Gasteiger partial charge in [0.2, 0.25) is 0 Å². The summed E-state index contributed by atoms with van der Waals surface area (Å²) in [4.78, 5) is 10.9. The van der Waals surface area contributed by atoms with Gasteiger partial charge in [0.1, 0.15) is 6.04 Å². The van der Waals surface area contributed by atoms with E-state index in [1.54, 1.807) is 6.92 Å². The van der Waals surface area contributed by atoms with E-state index in [-0.39, 0.29) is 17.7 Å². The molecule has 17 heavy (non-hydrogen) atoms. The van der Waals surface area contributed by atoms with Crippen LogP contribution in [0.15, 0.2) is 6.07 Å². The van der Waals surface area contributed by atoms with Crippen molar-refractivity contribution in [3.63, 3.8) is 0 Å². The summed E-state index contributed by atoms with van der Waals surface area (Å²) in [5, 5.41) is 11.6. The Labute approximate surface area is 95.3 Å². The highest BCUT2D eigenvalue weighted by Gasteiger charge is 2.34. The lowest BCUT2D eigenvalue weighted by Gasteiger charge is -2.29. The zero-order valence-electron chi connectivity index (χ0n) is 8.93. The van der Waals surface area contributed by atoms with Crippen molar-refractivity contribution in [2.75, 3.05) is 6.54 Å². The molecule has 2 unspecified atom stereocenters. The first kappa shape index (κ1) is 11.9. The van der Waals surface area contributed by atoms with Crippen LogP contribution in [-0.2, 0) is 4.79 Å². The second-order valence-electron chi connectivity index (χ2n) is 4.07. The topological polar surface area (TPSA) is 49.3 Å². The Balaban J connectivity index is 2.67. The zero-order valence-corrected chi connectivity index (χ0v) is 8.93. The van der Waals surface area contributed by atoms with E-state index in [1.165, 1.54) is 0 Å². The molecule has 92 valence electrons. The van der Waals surface area contributed by atoms with Crippen LogP contribution in [0.5, 0.6) is 0 Å². The lowest BCUT2D eigenvalue weighted by atomic mass is 9.87. The minimum atomic E-state index is -1.55. The molecule has 1 aromatic rings. The van der Waals surface area contributed by atoms with Crippen molar-refractivity contribution in [3.05, 3.63) is 34.6 Å². The van der Waals surface area contributed by atoms with Crippen LogP contribution in [0.3, 0.4) is 0 Å². The number of carboxylic acids is 1. The highest BCUT2D eigenvalue weighted by molar-refractivity contribution is 5.76. The molecule has 6 heteroatoms. The molecule has 0 bridgehead atoms. The highest BCUT2D eigenvalue weighted by Crippen LogP contribution is 2.34. The van der Waals surface area contributed by atoms with Gasteiger partial charge in [-0.3, -0.25) is 4.79 Å². The monoisotopic (exact) mass is 245 g/mol. The number of carbonyl (C=O) groups is 1. The van der Waals surface area contributed by atoms with E-state index in [2.05, 4.69) is 5.32 Å². The Morgan fingerprint density at radius 2 is 2.06 bits per heavy atom. The first-order valence-corrected chi connectivity index (χ1v) is 5.07. The van der Waals surface area contributed by atoms with E-state index < -0.39 is 35.4 Å². The fourth-order valence-corrected chi connectivity index (χ4v) is 2.09. The van der Waals surface area contributed by atoms with Gasteiger partial charge in [-0.15, -0.1) is 0 Å². The van der Waals surface area contributed by atoms with Gasteiger partial charge >= 0.3 is 5.97 Å². The molecule has 1 aliphatic rings. The van der Waals surface area contributed by atoms with Crippen molar-refractivity contribution in [1.29, 1.82) is 0 Å². The SMILES string of the molecule is CC1CNC(C(=O)O)c2cc(F)c(F)c(F)c21. The van der Waals surface area contributed by atoms with E-state index in [0.717, 1.165) is 6.07 Å². The predicted octanol–water partition coefficient (Wildman–Crippen LogP) is 1.94. The quantitative estimate of drug-likeness (QED) is 0.743. The third kappa shape index (κ3) is 1.78. The third-order valence-electron chi connectivity index (χ3n) is 2.91. The maximum Gasteiger partial charge on any atom is 0.325 e. The van der Waals surface area contributed by atoms with Crippen LogP contribution in [0, 0.1) is 17.5 Å². The van der Waals surface area contributed by atoms with Crippen LogP contribution < -0.4 is 5.32 Å². The standard InChI is InChI=1S/C11H10F3NO2/c1-4-3-15-10(11(16)17)5-2-6(12)8(13)9(14)7(4)5/h2,4,10,15H,3H2,1H3,(H,16,17). The molecular formula is C11H10F3NO2. The molecule has 1 aromatic carbocycles. The van der Waals surface area contributed by atoms with Crippen LogP contribution >= 0.6 is 0 Å². The maximum atomic E-state index is 13.6. The van der Waals surface area contributed by atoms with Crippen molar-refractivity contribution in [1.82, 2.24) is 5.32 Å². The second kappa shape index (κ2) is 4.03. The van der Waals surface area contributed by atoms with Crippen LogP contribution in [0.25, 0.3) is 0 Å². The molecule has 0 aromatic heterocycles. The molecule has 0 radical (unpaired) electrons. The molecule has 1 heterocycles. The Bertz CT molecular complexity index is 490. The van der Waals surface area contributed by atoms with Gasteiger partial charge in [0.25, 0.3) is 0 Å². The maximum absolute atomic E-state index is 13.6. The number of carboxylic acid groups (broad SMARTS) is 1. The molecule has 0 saturated heterocycles. The Kier molecular flexibility index (Phi) is 2.82. The molecule has 2 rings (SSSR count). The second-order valence-corrected chi connectivity index (χ2v) is 4.07. The minimum absolute atomic E-state index is 0.0485. The fraction of sp³-hybridized carbons (Fsp3) is 0.364. The molecule has 0 aliphatic carbocycles. The molecule has 0 fully saturated rings. The van der Waals surface area contributed by atoms with E-state index in [1.807, 2.05) is 0 Å². The molecule has 3 nitrogen and oxygen atoms in total. The van der Waals surface area contributed by atoms with Crippen molar-refractivity contribution >= 4 is 5.97 Å². The van der Waals surface area contributed by atoms with E-state index in [9.17, 15) is 18.0 Å². The van der Waals surface area contributed by atoms with Crippen molar-refractivity contribution < 1.29 is 23.1 Å². The largest absolute Gasteiger partial charge is 0.480 e. The number of aliphatic carboxylic acids is 1. The number of nitrogens with one attached hydrogen (secondary N) is 1. The normalized spacial score (nSPS) is 23.3. The van der Waals surface area contributed by atoms with E-state index >= 15 is 0 Å². The predicted molar refractivity (Wildman–Crippen MR) is 53.1 cm³/mol. The van der Waals surface area contributed by atoms with Gasteiger partial charge < -0.3 is 10.4 Å². The van der Waals surface area contributed by atoms with E-state index in [0.29, 0.717) is 0 Å². The Morgan fingerprint density at radius 1 is 1.41 bits per heavy atom. The van der Waals surface area contributed by atoms with Crippen molar-refractivity contribution in [2.45, 2.75) is 18.9 Å². The lowest BCUT2D eigenvalue weighted by Crippen LogP contribution is -2.37. The number of halogens is 3. The van der Waals surface area contributed by atoms with Crippen molar-refractivity contribution in [3.8, 4) is 0 Å². The van der Waals surface area contributed by atoms with Crippen molar-refractivity contribution in [2.24, 2.45) is 0 Å². The summed E-state index contributed by atoms with van der Waals surface area (Å²) < 4.78 is 39.8. The van der Waals surface area contributed by atoms with Crippen LogP contribution in [-0.4, -0.2) is 17.6 Å². The molecule has 0 saturated carbocycles. The summed E-state index contributed by atoms with van der Waals surface area (Å²) in [6, 6.07) is -0.458. The van der Waals surface area contributed by atoms with Gasteiger partial charge in [-0.1, -0.05) is 6.92 Å². The molecule has 0 amide bonds. The molecular weight excluding hydrogens is 235 g/mol. The Hall–Kier alpha value is -1.56.